The van der Waals surface area contributed by atoms with Crippen LogP contribution in [0.15, 0.2) is 12.3 Å². The molecule has 8 nitrogen and oxygen atoms in total. The first-order valence-electron chi connectivity index (χ1n) is 9.67. The average molecular weight is 376 g/mol. The van der Waals surface area contributed by atoms with Gasteiger partial charge in [-0.3, -0.25) is 19.5 Å². The molecule has 2 fully saturated rings. The first-order chi connectivity index (χ1) is 12.9. The zero-order valence-electron chi connectivity index (χ0n) is 15.9. The van der Waals surface area contributed by atoms with E-state index >= 15 is 0 Å². The molecule has 0 aromatic carbocycles. The monoisotopic (exact) mass is 376 g/mol. The lowest BCUT2D eigenvalue weighted by molar-refractivity contribution is -0.128. The molecule has 1 unspecified atom stereocenters. The third kappa shape index (κ3) is 4.55. The van der Waals surface area contributed by atoms with E-state index in [1.54, 1.807) is 6.07 Å². The number of hydrogen-bond acceptors (Lipinski definition) is 5. The van der Waals surface area contributed by atoms with Crippen molar-refractivity contribution in [1.82, 2.24) is 20.8 Å². The van der Waals surface area contributed by atoms with Gasteiger partial charge in [-0.25, -0.2) is 0 Å². The molecule has 3 N–H and O–H groups in total. The summed E-state index contributed by atoms with van der Waals surface area (Å²) < 4.78 is 5.44. The van der Waals surface area contributed by atoms with Crippen molar-refractivity contribution in [1.29, 1.82) is 0 Å². The van der Waals surface area contributed by atoms with Crippen LogP contribution in [0, 0.1) is 5.41 Å². The summed E-state index contributed by atoms with van der Waals surface area (Å²) in [5, 5.41) is 12.0. The number of aromatic nitrogens is 2. The van der Waals surface area contributed by atoms with Crippen molar-refractivity contribution in [2.45, 2.75) is 70.6 Å². The fourth-order valence-corrected chi connectivity index (χ4v) is 4.12. The lowest BCUT2D eigenvalue weighted by atomic mass is 9.81. The van der Waals surface area contributed by atoms with E-state index in [4.69, 9.17) is 4.74 Å². The number of H-pyrrole nitrogens is 1. The highest BCUT2D eigenvalue weighted by molar-refractivity contribution is 5.97. The van der Waals surface area contributed by atoms with Crippen LogP contribution in [0.4, 0.5) is 0 Å². The molecule has 1 saturated carbocycles. The topological polar surface area (TPSA) is 113 Å². The van der Waals surface area contributed by atoms with Gasteiger partial charge in [-0.05, 0) is 37.2 Å². The fourth-order valence-electron chi connectivity index (χ4n) is 4.12. The Morgan fingerprint density at radius 1 is 1.41 bits per heavy atom. The van der Waals surface area contributed by atoms with Gasteiger partial charge in [0.25, 0.3) is 5.91 Å². The van der Waals surface area contributed by atoms with E-state index in [0.29, 0.717) is 18.5 Å². The van der Waals surface area contributed by atoms with Crippen LogP contribution in [-0.2, 0) is 14.3 Å². The Hall–Kier alpha value is -2.22. The van der Waals surface area contributed by atoms with Crippen LogP contribution in [0.2, 0.25) is 0 Å². The van der Waals surface area contributed by atoms with E-state index in [0.717, 1.165) is 25.7 Å². The number of Topliss-reactive ketones (excluding diaryl/α,β-unsaturated/α-hetero) is 1. The van der Waals surface area contributed by atoms with E-state index in [-0.39, 0.29) is 35.7 Å². The maximum absolute atomic E-state index is 13.0. The Bertz CT molecular complexity index is 682. The molecule has 2 heterocycles. The summed E-state index contributed by atoms with van der Waals surface area (Å²) >= 11 is 0. The van der Waals surface area contributed by atoms with Crippen LogP contribution in [0.1, 0.15) is 62.9 Å². The van der Waals surface area contributed by atoms with E-state index < -0.39 is 12.1 Å². The fraction of sp³-hybridized carbons (Fsp3) is 0.684. The van der Waals surface area contributed by atoms with Crippen molar-refractivity contribution in [3.05, 3.63) is 18.0 Å². The number of aromatic amines is 1. The van der Waals surface area contributed by atoms with Crippen LogP contribution >= 0.6 is 0 Å². The van der Waals surface area contributed by atoms with Crippen molar-refractivity contribution in [3.63, 3.8) is 0 Å². The minimum absolute atomic E-state index is 0.00359. The van der Waals surface area contributed by atoms with Gasteiger partial charge < -0.3 is 15.4 Å². The van der Waals surface area contributed by atoms with Gasteiger partial charge in [0.15, 0.2) is 5.78 Å². The third-order valence-corrected chi connectivity index (χ3v) is 5.73. The van der Waals surface area contributed by atoms with Crippen LogP contribution in [0.25, 0.3) is 0 Å². The molecule has 0 spiro atoms. The Kier molecular flexibility index (Phi) is 5.94. The predicted octanol–water partition coefficient (Wildman–Crippen LogP) is 1.34. The van der Waals surface area contributed by atoms with Crippen molar-refractivity contribution >= 4 is 17.6 Å². The Morgan fingerprint density at radius 3 is 2.78 bits per heavy atom. The van der Waals surface area contributed by atoms with Gasteiger partial charge >= 0.3 is 0 Å². The van der Waals surface area contributed by atoms with E-state index in [9.17, 15) is 14.4 Å². The molecule has 148 valence electrons. The van der Waals surface area contributed by atoms with Gasteiger partial charge in [-0.15, -0.1) is 0 Å². The highest BCUT2D eigenvalue weighted by Gasteiger charge is 2.39. The normalized spacial score (nSPS) is 25.3. The third-order valence-electron chi connectivity index (χ3n) is 5.73. The highest BCUT2D eigenvalue weighted by atomic mass is 16.5. The summed E-state index contributed by atoms with van der Waals surface area (Å²) in [5.74, 6) is -0.838. The number of carbonyl (C=O) groups excluding carboxylic acids is 3. The predicted molar refractivity (Wildman–Crippen MR) is 98.0 cm³/mol. The molecule has 3 rings (SSSR count). The first-order valence-corrected chi connectivity index (χ1v) is 9.67. The standard InChI is InChI=1S/C19H28N4O4/c1-3-15-16(14(24)11-27-15)22-18(26)13(10-19(2)7-4-5-8-19)21-17(25)12-6-9-20-23-12/h6,9,13,15-16H,3-5,7-8,10-11H2,1-2H3,(H,20,23)(H,21,25)(H,22,26)/t13-,15-,16?/m0/s1. The molecule has 1 aliphatic carbocycles. The second-order valence-electron chi connectivity index (χ2n) is 7.93. The van der Waals surface area contributed by atoms with Crippen molar-refractivity contribution < 1.29 is 19.1 Å². The van der Waals surface area contributed by atoms with Gasteiger partial charge in [0.2, 0.25) is 5.91 Å². The van der Waals surface area contributed by atoms with Crippen LogP contribution in [0.3, 0.4) is 0 Å². The zero-order valence-corrected chi connectivity index (χ0v) is 15.9. The summed E-state index contributed by atoms with van der Waals surface area (Å²) in [6.45, 7) is 4.09. The molecular formula is C19H28N4O4. The lowest BCUT2D eigenvalue weighted by Crippen LogP contribution is -2.54. The van der Waals surface area contributed by atoms with Gasteiger partial charge in [0.1, 0.15) is 24.4 Å². The number of ether oxygens (including phenoxy) is 1. The average Bonchev–Trinajstić information content (AvgIpc) is 3.37. The minimum Gasteiger partial charge on any atom is -0.368 e. The van der Waals surface area contributed by atoms with Gasteiger partial charge in [-0.2, -0.15) is 5.10 Å². The molecular weight excluding hydrogens is 348 g/mol. The quantitative estimate of drug-likeness (QED) is 0.665. The number of ketones is 1. The van der Waals surface area contributed by atoms with Crippen molar-refractivity contribution in [2.24, 2.45) is 5.41 Å². The second-order valence-corrected chi connectivity index (χ2v) is 7.93. The van der Waals surface area contributed by atoms with Gasteiger partial charge in [0, 0.05) is 6.20 Å². The number of carbonyl (C=O) groups is 3. The number of nitrogens with zero attached hydrogens (tertiary/aromatic N) is 1. The molecule has 1 aromatic rings. The first kappa shape index (κ1) is 19.5. The summed E-state index contributed by atoms with van der Waals surface area (Å²) in [6.07, 6.45) is 6.67. The molecule has 8 heteroatoms. The largest absolute Gasteiger partial charge is 0.368 e. The summed E-state index contributed by atoms with van der Waals surface area (Å²) in [6, 6.07) is 0.198. The maximum Gasteiger partial charge on any atom is 0.269 e. The number of amides is 2. The van der Waals surface area contributed by atoms with Crippen LogP contribution < -0.4 is 10.6 Å². The van der Waals surface area contributed by atoms with E-state index in [1.165, 1.54) is 6.20 Å². The molecule has 0 bridgehead atoms. The molecule has 0 radical (unpaired) electrons. The number of rotatable bonds is 7. The Morgan fingerprint density at radius 2 is 2.15 bits per heavy atom. The van der Waals surface area contributed by atoms with E-state index in [2.05, 4.69) is 27.8 Å². The molecule has 1 aromatic heterocycles. The zero-order chi connectivity index (χ0) is 19.4. The van der Waals surface area contributed by atoms with Crippen LogP contribution in [-0.4, -0.2) is 52.6 Å². The Labute approximate surface area is 158 Å². The Balaban J connectivity index is 1.72. The van der Waals surface area contributed by atoms with Crippen LogP contribution in [0.5, 0.6) is 0 Å². The summed E-state index contributed by atoms with van der Waals surface area (Å²) in [5.41, 5.74) is 0.306. The van der Waals surface area contributed by atoms with E-state index in [1.807, 2.05) is 6.92 Å². The lowest BCUT2D eigenvalue weighted by Gasteiger charge is -2.30. The van der Waals surface area contributed by atoms with Gasteiger partial charge in [0.05, 0.1) is 6.10 Å². The molecule has 27 heavy (non-hydrogen) atoms. The molecule has 2 amide bonds. The highest BCUT2D eigenvalue weighted by Crippen LogP contribution is 2.41. The van der Waals surface area contributed by atoms with Crippen molar-refractivity contribution in [3.8, 4) is 0 Å². The minimum atomic E-state index is -0.713. The molecule has 1 aliphatic heterocycles. The molecule has 3 atom stereocenters. The summed E-state index contributed by atoms with van der Waals surface area (Å²) in [4.78, 5) is 37.5. The van der Waals surface area contributed by atoms with Crippen molar-refractivity contribution in [2.75, 3.05) is 6.61 Å². The number of hydrogen-bond donors (Lipinski definition) is 3. The van der Waals surface area contributed by atoms with Gasteiger partial charge in [-0.1, -0.05) is 26.7 Å². The summed E-state index contributed by atoms with van der Waals surface area (Å²) in [7, 11) is 0. The SMILES string of the molecule is CC[C@@H]1OCC(=O)C1NC(=O)[C@H](CC1(C)CCCC1)NC(=O)c1ccn[nH]1. The molecule has 1 saturated heterocycles. The molecule has 2 aliphatic rings. The maximum atomic E-state index is 13.0. The second kappa shape index (κ2) is 8.21. The smallest absolute Gasteiger partial charge is 0.269 e. The number of nitrogens with one attached hydrogen (secondary N) is 3.